The second-order valence-corrected chi connectivity index (χ2v) is 4.98. The molecular formula is C17H19NO2. The fraction of sp³-hybridized carbons (Fsp3) is 0.235. The molecule has 0 spiro atoms. The molecule has 0 fully saturated rings. The van der Waals surface area contributed by atoms with E-state index in [4.69, 9.17) is 10.5 Å². The summed E-state index contributed by atoms with van der Waals surface area (Å²) in [5, 5.41) is 0. The van der Waals surface area contributed by atoms with E-state index in [9.17, 15) is 4.79 Å². The number of benzene rings is 2. The molecule has 20 heavy (non-hydrogen) atoms. The molecule has 0 bridgehead atoms. The third kappa shape index (κ3) is 2.99. The highest BCUT2D eigenvalue weighted by Crippen LogP contribution is 2.33. The van der Waals surface area contributed by atoms with Gasteiger partial charge in [0.2, 0.25) is 0 Å². The van der Waals surface area contributed by atoms with Crippen LogP contribution in [-0.2, 0) is 4.79 Å². The zero-order valence-corrected chi connectivity index (χ0v) is 12.0. The first-order valence-corrected chi connectivity index (χ1v) is 6.61. The van der Waals surface area contributed by atoms with Crippen LogP contribution in [0.4, 0.5) is 0 Å². The van der Waals surface area contributed by atoms with Crippen molar-refractivity contribution in [2.75, 3.05) is 0 Å². The van der Waals surface area contributed by atoms with Crippen molar-refractivity contribution in [2.45, 2.75) is 26.9 Å². The molecule has 0 aliphatic rings. The molecule has 1 unspecified atom stereocenters. The third-order valence-electron chi connectivity index (χ3n) is 3.27. The van der Waals surface area contributed by atoms with Crippen molar-refractivity contribution in [3.05, 3.63) is 53.6 Å². The summed E-state index contributed by atoms with van der Waals surface area (Å²) in [4.78, 5) is 11.2. The minimum atomic E-state index is -0.652. The Hall–Kier alpha value is -2.29. The summed E-state index contributed by atoms with van der Waals surface area (Å²) in [6.45, 7) is 5.77. The van der Waals surface area contributed by atoms with Gasteiger partial charge in [0.1, 0.15) is 5.75 Å². The number of hydrogen-bond donors (Lipinski definition) is 1. The molecule has 0 aliphatic heterocycles. The molecule has 1 atom stereocenters. The Balaban J connectivity index is 2.47. The van der Waals surface area contributed by atoms with Crippen molar-refractivity contribution in [3.8, 4) is 16.9 Å². The molecule has 2 aromatic carbocycles. The first-order valence-electron chi connectivity index (χ1n) is 6.61. The van der Waals surface area contributed by atoms with Gasteiger partial charge in [0.15, 0.2) is 6.10 Å². The monoisotopic (exact) mass is 269 g/mol. The van der Waals surface area contributed by atoms with Crippen LogP contribution >= 0.6 is 0 Å². The molecule has 0 saturated heterocycles. The van der Waals surface area contributed by atoms with E-state index in [1.807, 2.05) is 24.3 Å². The molecule has 0 heterocycles. The van der Waals surface area contributed by atoms with Crippen molar-refractivity contribution in [2.24, 2.45) is 5.73 Å². The van der Waals surface area contributed by atoms with Gasteiger partial charge in [0, 0.05) is 5.56 Å². The van der Waals surface area contributed by atoms with Gasteiger partial charge in [-0.15, -0.1) is 0 Å². The maximum Gasteiger partial charge on any atom is 0.258 e. The highest BCUT2D eigenvalue weighted by molar-refractivity contribution is 5.80. The number of aryl methyl sites for hydroxylation is 2. The van der Waals surface area contributed by atoms with Crippen LogP contribution in [0.3, 0.4) is 0 Å². The number of nitrogens with two attached hydrogens (primary N) is 1. The van der Waals surface area contributed by atoms with Gasteiger partial charge in [-0.3, -0.25) is 4.79 Å². The molecule has 0 aromatic heterocycles. The summed E-state index contributed by atoms with van der Waals surface area (Å²) in [6.07, 6.45) is -0.652. The highest BCUT2D eigenvalue weighted by atomic mass is 16.5. The summed E-state index contributed by atoms with van der Waals surface area (Å²) >= 11 is 0. The summed E-state index contributed by atoms with van der Waals surface area (Å²) in [6, 6.07) is 14.0. The quantitative estimate of drug-likeness (QED) is 0.926. The Kier molecular flexibility index (Phi) is 4.08. The molecule has 2 rings (SSSR count). The summed E-state index contributed by atoms with van der Waals surface area (Å²) in [7, 11) is 0. The molecule has 0 radical (unpaired) electrons. The van der Waals surface area contributed by atoms with Gasteiger partial charge in [-0.05, 0) is 38.0 Å². The number of rotatable bonds is 4. The molecule has 1 amide bonds. The average molecular weight is 269 g/mol. The molecule has 3 nitrogen and oxygen atoms in total. The SMILES string of the molecule is Cc1ccc(C)c(-c2ccccc2OC(C)C(N)=O)c1. The van der Waals surface area contributed by atoms with Crippen LogP contribution in [0.15, 0.2) is 42.5 Å². The lowest BCUT2D eigenvalue weighted by atomic mass is 9.98. The van der Waals surface area contributed by atoms with E-state index in [1.54, 1.807) is 6.92 Å². The Bertz CT molecular complexity index is 635. The van der Waals surface area contributed by atoms with E-state index >= 15 is 0 Å². The first kappa shape index (κ1) is 14.1. The second kappa shape index (κ2) is 5.78. The van der Waals surface area contributed by atoms with E-state index in [-0.39, 0.29) is 0 Å². The van der Waals surface area contributed by atoms with E-state index < -0.39 is 12.0 Å². The van der Waals surface area contributed by atoms with Crippen LogP contribution < -0.4 is 10.5 Å². The lowest BCUT2D eigenvalue weighted by molar-refractivity contribution is -0.123. The standard InChI is InChI=1S/C17H19NO2/c1-11-8-9-12(2)15(10-11)14-6-4-5-7-16(14)20-13(3)17(18)19/h4-10,13H,1-3H3,(H2,18,19). The lowest BCUT2D eigenvalue weighted by Crippen LogP contribution is -2.30. The van der Waals surface area contributed by atoms with Crippen LogP contribution in [0.5, 0.6) is 5.75 Å². The van der Waals surface area contributed by atoms with Crippen molar-refractivity contribution >= 4 is 5.91 Å². The van der Waals surface area contributed by atoms with Gasteiger partial charge in [-0.25, -0.2) is 0 Å². The Morgan fingerprint density at radius 2 is 1.80 bits per heavy atom. The number of carbonyl (C=O) groups is 1. The third-order valence-corrected chi connectivity index (χ3v) is 3.27. The molecule has 104 valence electrons. The van der Waals surface area contributed by atoms with Crippen molar-refractivity contribution in [1.82, 2.24) is 0 Å². The highest BCUT2D eigenvalue weighted by Gasteiger charge is 2.14. The predicted molar refractivity (Wildman–Crippen MR) is 80.6 cm³/mol. The van der Waals surface area contributed by atoms with Gasteiger partial charge < -0.3 is 10.5 Å². The molecule has 2 N–H and O–H groups in total. The fourth-order valence-corrected chi connectivity index (χ4v) is 2.07. The second-order valence-electron chi connectivity index (χ2n) is 4.98. The number of carbonyl (C=O) groups excluding carboxylic acids is 1. The fourth-order valence-electron chi connectivity index (χ4n) is 2.07. The van der Waals surface area contributed by atoms with Crippen LogP contribution in [0.25, 0.3) is 11.1 Å². The number of para-hydroxylation sites is 1. The van der Waals surface area contributed by atoms with E-state index in [2.05, 4.69) is 32.0 Å². The van der Waals surface area contributed by atoms with Gasteiger partial charge in [-0.2, -0.15) is 0 Å². The Morgan fingerprint density at radius 1 is 1.10 bits per heavy atom. The maximum absolute atomic E-state index is 11.2. The largest absolute Gasteiger partial charge is 0.480 e. The number of primary amides is 1. The van der Waals surface area contributed by atoms with Crippen molar-refractivity contribution in [3.63, 3.8) is 0 Å². The average Bonchev–Trinajstić information content (AvgIpc) is 2.42. The summed E-state index contributed by atoms with van der Waals surface area (Å²) < 4.78 is 5.68. The number of hydrogen-bond acceptors (Lipinski definition) is 2. The minimum absolute atomic E-state index is 0.472. The van der Waals surface area contributed by atoms with E-state index in [0.717, 1.165) is 11.1 Å². The molecule has 2 aromatic rings. The van der Waals surface area contributed by atoms with Crippen molar-refractivity contribution in [1.29, 1.82) is 0 Å². The van der Waals surface area contributed by atoms with Crippen LogP contribution in [0, 0.1) is 13.8 Å². The normalized spacial score (nSPS) is 11.9. The molecule has 3 heteroatoms. The van der Waals surface area contributed by atoms with Gasteiger partial charge in [0.25, 0.3) is 5.91 Å². The smallest absolute Gasteiger partial charge is 0.258 e. The number of ether oxygens (including phenoxy) is 1. The van der Waals surface area contributed by atoms with Gasteiger partial charge in [0.05, 0.1) is 0 Å². The summed E-state index contributed by atoms with van der Waals surface area (Å²) in [5.74, 6) is 0.202. The first-order chi connectivity index (χ1) is 9.49. The molecular weight excluding hydrogens is 250 g/mol. The van der Waals surface area contributed by atoms with Crippen molar-refractivity contribution < 1.29 is 9.53 Å². The topological polar surface area (TPSA) is 52.3 Å². The van der Waals surface area contributed by atoms with E-state index in [0.29, 0.717) is 5.75 Å². The van der Waals surface area contributed by atoms with Crippen LogP contribution in [-0.4, -0.2) is 12.0 Å². The Morgan fingerprint density at radius 3 is 2.50 bits per heavy atom. The predicted octanol–water partition coefficient (Wildman–Crippen LogP) is 3.22. The summed E-state index contributed by atoms with van der Waals surface area (Å²) in [5.41, 5.74) is 9.69. The number of amides is 1. The molecule has 0 aliphatic carbocycles. The zero-order valence-electron chi connectivity index (χ0n) is 12.0. The Labute approximate surface area is 119 Å². The zero-order chi connectivity index (χ0) is 14.7. The van der Waals surface area contributed by atoms with Crippen LogP contribution in [0.2, 0.25) is 0 Å². The van der Waals surface area contributed by atoms with Gasteiger partial charge >= 0.3 is 0 Å². The molecule has 0 saturated carbocycles. The van der Waals surface area contributed by atoms with Crippen LogP contribution in [0.1, 0.15) is 18.1 Å². The lowest BCUT2D eigenvalue weighted by Gasteiger charge is -2.16. The minimum Gasteiger partial charge on any atom is -0.480 e. The van der Waals surface area contributed by atoms with Gasteiger partial charge in [-0.1, -0.05) is 42.0 Å². The maximum atomic E-state index is 11.2. The van der Waals surface area contributed by atoms with E-state index in [1.165, 1.54) is 11.1 Å².